The highest BCUT2D eigenvalue weighted by atomic mass is 35.5. The Balaban J connectivity index is 2.42. The maximum atomic E-state index is 5.59. The molecule has 13 heavy (non-hydrogen) atoms. The molecule has 2 aromatic rings. The van der Waals surface area contributed by atoms with Crippen LogP contribution in [0.4, 0.5) is 0 Å². The fraction of sp³-hybridized carbons (Fsp3) is 0. The number of benzene rings is 1. The van der Waals surface area contributed by atoms with Crippen molar-refractivity contribution in [3.05, 3.63) is 47.6 Å². The molecular weight excluding hydrogens is 184 g/mol. The van der Waals surface area contributed by atoms with Gasteiger partial charge >= 0.3 is 0 Å². The molecule has 0 spiro atoms. The Morgan fingerprint density at radius 2 is 1.85 bits per heavy atom. The van der Waals surface area contributed by atoms with Gasteiger partial charge in [0.2, 0.25) is 0 Å². The van der Waals surface area contributed by atoms with Crippen molar-refractivity contribution in [3.63, 3.8) is 0 Å². The molecule has 3 heteroatoms. The summed E-state index contributed by atoms with van der Waals surface area (Å²) < 4.78 is 0. The lowest BCUT2D eigenvalue weighted by molar-refractivity contribution is 1.04. The third-order valence-corrected chi connectivity index (χ3v) is 1.81. The third-order valence-electron chi connectivity index (χ3n) is 1.62. The minimum absolute atomic E-state index is 0.361. The first-order valence-corrected chi connectivity index (χ1v) is 4.20. The van der Waals surface area contributed by atoms with Crippen LogP contribution in [0.1, 0.15) is 0 Å². The summed E-state index contributed by atoms with van der Waals surface area (Å²) in [5, 5.41) is 8.01. The van der Waals surface area contributed by atoms with Gasteiger partial charge in [0, 0.05) is 11.6 Å². The van der Waals surface area contributed by atoms with E-state index in [1.165, 1.54) is 0 Å². The predicted molar refractivity (Wildman–Crippen MR) is 51.3 cm³/mol. The molecule has 0 aliphatic rings. The van der Waals surface area contributed by atoms with Crippen molar-refractivity contribution in [3.8, 4) is 11.3 Å². The molecule has 0 fully saturated rings. The number of rotatable bonds is 1. The summed E-state index contributed by atoms with van der Waals surface area (Å²) in [6.45, 7) is 0. The van der Waals surface area contributed by atoms with Crippen molar-refractivity contribution < 1.29 is 0 Å². The van der Waals surface area contributed by atoms with Crippen molar-refractivity contribution in [2.75, 3.05) is 0 Å². The van der Waals surface area contributed by atoms with Crippen LogP contribution in [0.2, 0.25) is 5.15 Å². The number of aromatic nitrogens is 2. The Hall–Kier alpha value is -1.41. The Bertz CT molecular complexity index is 383. The van der Waals surface area contributed by atoms with E-state index in [2.05, 4.69) is 16.3 Å². The molecule has 0 amide bonds. The van der Waals surface area contributed by atoms with Crippen LogP contribution < -0.4 is 0 Å². The van der Waals surface area contributed by atoms with E-state index in [0.29, 0.717) is 10.8 Å². The van der Waals surface area contributed by atoms with Gasteiger partial charge in [-0.05, 0) is 6.07 Å². The summed E-state index contributed by atoms with van der Waals surface area (Å²) in [7, 11) is 0. The van der Waals surface area contributed by atoms with Crippen LogP contribution in [0.3, 0.4) is 0 Å². The lowest BCUT2D eigenvalue weighted by atomic mass is 10.1. The maximum Gasteiger partial charge on any atom is 0.152 e. The topological polar surface area (TPSA) is 25.8 Å². The van der Waals surface area contributed by atoms with Gasteiger partial charge in [0.1, 0.15) is 5.69 Å². The third kappa shape index (κ3) is 1.84. The van der Waals surface area contributed by atoms with Crippen LogP contribution in [-0.4, -0.2) is 10.2 Å². The van der Waals surface area contributed by atoms with Gasteiger partial charge in [-0.3, -0.25) is 0 Å². The van der Waals surface area contributed by atoms with E-state index in [9.17, 15) is 0 Å². The molecule has 0 saturated heterocycles. The smallest absolute Gasteiger partial charge is 0.148 e. The van der Waals surface area contributed by atoms with E-state index in [-0.39, 0.29) is 0 Å². The summed E-state index contributed by atoms with van der Waals surface area (Å²) in [6, 6.07) is 14.3. The zero-order chi connectivity index (χ0) is 9.10. The fourth-order valence-corrected chi connectivity index (χ4v) is 1.11. The average Bonchev–Trinajstić information content (AvgIpc) is 2.20. The highest BCUT2D eigenvalue weighted by Gasteiger charge is 1.98. The number of hydrogen-bond acceptors (Lipinski definition) is 2. The van der Waals surface area contributed by atoms with Crippen LogP contribution >= 0.6 is 11.6 Å². The molecule has 0 aliphatic carbocycles. The number of nitrogens with zero attached hydrogens (tertiary/aromatic N) is 2. The van der Waals surface area contributed by atoms with Gasteiger partial charge in [0.05, 0.1) is 0 Å². The van der Waals surface area contributed by atoms with Gasteiger partial charge in [-0.25, -0.2) is 0 Å². The molecule has 0 bridgehead atoms. The van der Waals surface area contributed by atoms with Gasteiger partial charge in [0.25, 0.3) is 0 Å². The number of halogens is 1. The SMILES string of the molecule is Clc1c[c]c(-c2ccccc2)nn1. The molecule has 0 N–H and O–H groups in total. The normalized spacial score (nSPS) is 9.92. The van der Waals surface area contributed by atoms with Crippen LogP contribution in [0.15, 0.2) is 36.4 Å². The second-order valence-corrected chi connectivity index (χ2v) is 2.91. The van der Waals surface area contributed by atoms with Crippen molar-refractivity contribution in [1.82, 2.24) is 10.2 Å². The molecule has 2 rings (SSSR count). The summed E-state index contributed by atoms with van der Waals surface area (Å²) in [6.07, 6.45) is 0. The minimum Gasteiger partial charge on any atom is -0.148 e. The molecule has 1 radical (unpaired) electrons. The molecule has 1 aromatic carbocycles. The average molecular weight is 190 g/mol. The van der Waals surface area contributed by atoms with Gasteiger partial charge in [-0.1, -0.05) is 41.9 Å². The first-order chi connectivity index (χ1) is 6.36. The highest BCUT2D eigenvalue weighted by molar-refractivity contribution is 6.29. The predicted octanol–water partition coefficient (Wildman–Crippen LogP) is 2.60. The first kappa shape index (κ1) is 8.20. The number of hydrogen-bond donors (Lipinski definition) is 0. The van der Waals surface area contributed by atoms with E-state index in [1.54, 1.807) is 6.07 Å². The molecule has 1 aromatic heterocycles. The molecule has 0 aliphatic heterocycles. The molecule has 0 atom stereocenters. The highest BCUT2D eigenvalue weighted by Crippen LogP contribution is 2.15. The molecule has 0 saturated carbocycles. The Morgan fingerprint density at radius 3 is 2.46 bits per heavy atom. The van der Waals surface area contributed by atoms with Crippen molar-refractivity contribution in [2.45, 2.75) is 0 Å². The van der Waals surface area contributed by atoms with Gasteiger partial charge < -0.3 is 0 Å². The van der Waals surface area contributed by atoms with E-state index in [4.69, 9.17) is 11.6 Å². The largest absolute Gasteiger partial charge is 0.152 e. The minimum atomic E-state index is 0.361. The molecule has 1 heterocycles. The second-order valence-electron chi connectivity index (χ2n) is 2.53. The molecule has 0 unspecified atom stereocenters. The molecule has 2 nitrogen and oxygen atoms in total. The van der Waals surface area contributed by atoms with E-state index >= 15 is 0 Å². The van der Waals surface area contributed by atoms with Crippen LogP contribution in [0, 0.1) is 6.07 Å². The van der Waals surface area contributed by atoms with Crippen LogP contribution in [0.25, 0.3) is 11.3 Å². The summed E-state index contributed by atoms with van der Waals surface area (Å²) in [5.41, 5.74) is 1.71. The second kappa shape index (κ2) is 3.54. The van der Waals surface area contributed by atoms with Gasteiger partial charge in [-0.15, -0.1) is 10.2 Å². The van der Waals surface area contributed by atoms with Gasteiger partial charge in [0.15, 0.2) is 5.15 Å². The Labute approximate surface area is 81.2 Å². The summed E-state index contributed by atoms with van der Waals surface area (Å²) >= 11 is 5.59. The molecular formula is C10H6ClN2. The Kier molecular flexibility index (Phi) is 2.23. The zero-order valence-corrected chi connectivity index (χ0v) is 7.49. The molecule has 63 valence electrons. The van der Waals surface area contributed by atoms with Crippen molar-refractivity contribution >= 4 is 11.6 Å². The van der Waals surface area contributed by atoms with Gasteiger partial charge in [-0.2, -0.15) is 0 Å². The zero-order valence-electron chi connectivity index (χ0n) is 6.74. The van der Waals surface area contributed by atoms with E-state index in [1.807, 2.05) is 30.3 Å². The summed E-state index contributed by atoms with van der Waals surface area (Å²) in [4.78, 5) is 0. The first-order valence-electron chi connectivity index (χ1n) is 3.82. The quantitative estimate of drug-likeness (QED) is 0.689. The standard InChI is InChI=1S/C10H6ClN2/c11-10-7-6-9(12-13-10)8-4-2-1-3-5-8/h1-5,7H. The Morgan fingerprint density at radius 1 is 1.08 bits per heavy atom. The van der Waals surface area contributed by atoms with Crippen LogP contribution in [0.5, 0.6) is 0 Å². The van der Waals surface area contributed by atoms with Crippen molar-refractivity contribution in [2.24, 2.45) is 0 Å². The lowest BCUT2D eigenvalue weighted by Crippen LogP contribution is -1.86. The van der Waals surface area contributed by atoms with E-state index < -0.39 is 0 Å². The monoisotopic (exact) mass is 189 g/mol. The maximum absolute atomic E-state index is 5.59. The lowest BCUT2D eigenvalue weighted by Gasteiger charge is -1.97. The summed E-state index contributed by atoms with van der Waals surface area (Å²) in [5.74, 6) is 0. The van der Waals surface area contributed by atoms with Crippen LogP contribution in [-0.2, 0) is 0 Å². The fourth-order valence-electron chi connectivity index (χ4n) is 1.02. The van der Waals surface area contributed by atoms with Crippen molar-refractivity contribution in [1.29, 1.82) is 0 Å². The van der Waals surface area contributed by atoms with E-state index in [0.717, 1.165) is 5.56 Å².